The van der Waals surface area contributed by atoms with E-state index in [-0.39, 0.29) is 5.91 Å². The van der Waals surface area contributed by atoms with Crippen LogP contribution in [0.4, 0.5) is 5.82 Å². The van der Waals surface area contributed by atoms with Gasteiger partial charge in [-0.2, -0.15) is 0 Å². The minimum absolute atomic E-state index is 0.158. The van der Waals surface area contributed by atoms with Gasteiger partial charge in [0.1, 0.15) is 4.60 Å². The van der Waals surface area contributed by atoms with Crippen LogP contribution in [0.5, 0.6) is 0 Å². The third-order valence-electron chi connectivity index (χ3n) is 1.14. The monoisotopic (exact) mass is 229 g/mol. The highest BCUT2D eigenvalue weighted by Gasteiger charge is 2.03. The van der Waals surface area contributed by atoms with Crippen molar-refractivity contribution in [2.75, 3.05) is 5.32 Å². The first-order valence-electron chi connectivity index (χ1n) is 3.36. The van der Waals surface area contributed by atoms with Gasteiger partial charge in [0.2, 0.25) is 5.91 Å². The molecule has 64 valence electrons. The van der Waals surface area contributed by atoms with Gasteiger partial charge in [-0.15, -0.1) is 0 Å². The number of carbonyl (C=O) groups is 1. The maximum Gasteiger partial charge on any atom is 0.222 e. The van der Waals surface area contributed by atoms with E-state index in [0.717, 1.165) is 5.69 Å². The Morgan fingerprint density at radius 1 is 1.67 bits per heavy atom. The maximum atomic E-state index is 10.7. The Balaban J connectivity index is 2.93. The fraction of sp³-hybridized carbons (Fsp3) is 0.286. The van der Waals surface area contributed by atoms with Crippen molar-refractivity contribution in [1.82, 2.24) is 9.97 Å². The largest absolute Gasteiger partial charge is 0.309 e. The van der Waals surface area contributed by atoms with Crippen molar-refractivity contribution < 1.29 is 4.79 Å². The molecule has 1 heterocycles. The Kier molecular flexibility index (Phi) is 2.75. The quantitative estimate of drug-likeness (QED) is 0.795. The molecule has 4 nitrogen and oxygen atoms in total. The van der Waals surface area contributed by atoms with Gasteiger partial charge >= 0.3 is 0 Å². The van der Waals surface area contributed by atoms with Gasteiger partial charge in [-0.3, -0.25) is 4.79 Å². The summed E-state index contributed by atoms with van der Waals surface area (Å²) in [5.41, 5.74) is 0.802. The second-order valence-corrected chi connectivity index (χ2v) is 3.08. The van der Waals surface area contributed by atoms with Crippen molar-refractivity contribution in [2.24, 2.45) is 0 Å². The lowest BCUT2D eigenvalue weighted by Gasteiger charge is -2.02. The summed E-state index contributed by atoms with van der Waals surface area (Å²) in [4.78, 5) is 18.7. The van der Waals surface area contributed by atoms with Crippen LogP contribution in [0.3, 0.4) is 0 Å². The molecule has 0 aliphatic heterocycles. The number of aromatic nitrogens is 2. The number of rotatable bonds is 1. The normalized spacial score (nSPS) is 9.58. The van der Waals surface area contributed by atoms with Gasteiger partial charge in [0.05, 0.1) is 11.9 Å². The van der Waals surface area contributed by atoms with Gasteiger partial charge in [-0.25, -0.2) is 9.97 Å². The van der Waals surface area contributed by atoms with Gasteiger partial charge in [0.15, 0.2) is 5.82 Å². The molecular weight excluding hydrogens is 222 g/mol. The second kappa shape index (κ2) is 3.62. The first-order chi connectivity index (χ1) is 5.59. The molecule has 1 rings (SSSR count). The van der Waals surface area contributed by atoms with Crippen LogP contribution in [0, 0.1) is 6.92 Å². The predicted molar refractivity (Wildman–Crippen MR) is 48.8 cm³/mol. The zero-order chi connectivity index (χ0) is 9.14. The van der Waals surface area contributed by atoms with Crippen LogP contribution in [-0.4, -0.2) is 15.9 Å². The lowest BCUT2D eigenvalue weighted by atomic mass is 10.5. The molecule has 1 N–H and O–H groups in total. The smallest absolute Gasteiger partial charge is 0.222 e. The summed E-state index contributed by atoms with van der Waals surface area (Å²) in [5.74, 6) is 0.293. The fourth-order valence-corrected chi connectivity index (χ4v) is 1.18. The van der Waals surface area contributed by atoms with Crippen LogP contribution in [0.25, 0.3) is 0 Å². The van der Waals surface area contributed by atoms with Crippen molar-refractivity contribution in [3.63, 3.8) is 0 Å². The molecule has 5 heteroatoms. The molecule has 0 atom stereocenters. The van der Waals surface area contributed by atoms with Crippen molar-refractivity contribution in [3.8, 4) is 0 Å². The minimum Gasteiger partial charge on any atom is -0.309 e. The molecule has 0 aromatic carbocycles. The molecule has 0 aliphatic carbocycles. The van der Waals surface area contributed by atoms with E-state index in [4.69, 9.17) is 0 Å². The molecule has 1 aromatic heterocycles. The summed E-state index contributed by atoms with van der Waals surface area (Å²) in [6.45, 7) is 3.25. The topological polar surface area (TPSA) is 54.9 Å². The van der Waals surface area contributed by atoms with E-state index in [1.807, 2.05) is 6.92 Å². The van der Waals surface area contributed by atoms with E-state index in [1.54, 1.807) is 6.20 Å². The van der Waals surface area contributed by atoms with Crippen molar-refractivity contribution in [2.45, 2.75) is 13.8 Å². The number of carbonyl (C=O) groups excluding carboxylic acids is 1. The van der Waals surface area contributed by atoms with Gasteiger partial charge in [0, 0.05) is 6.92 Å². The molecule has 0 aliphatic rings. The molecule has 1 amide bonds. The Hall–Kier alpha value is -0.970. The summed E-state index contributed by atoms with van der Waals surface area (Å²) in [5, 5.41) is 2.54. The van der Waals surface area contributed by atoms with E-state index < -0.39 is 0 Å². The molecule has 0 fully saturated rings. The van der Waals surface area contributed by atoms with Gasteiger partial charge in [-0.1, -0.05) is 0 Å². The highest BCUT2D eigenvalue weighted by atomic mass is 79.9. The molecule has 12 heavy (non-hydrogen) atoms. The summed E-state index contributed by atoms with van der Waals surface area (Å²) < 4.78 is 0.553. The lowest BCUT2D eigenvalue weighted by Crippen LogP contribution is -2.08. The summed E-state index contributed by atoms with van der Waals surface area (Å²) >= 11 is 3.19. The molecule has 1 aromatic rings. The molecule has 0 radical (unpaired) electrons. The third-order valence-corrected chi connectivity index (χ3v) is 1.70. The molecule has 0 bridgehead atoms. The van der Waals surface area contributed by atoms with Crippen LogP contribution in [-0.2, 0) is 4.79 Å². The standard InChI is InChI=1S/C7H8BrN3O/c1-4-3-9-7(6(8)10-4)11-5(2)12/h3H,1-2H3,(H,9,11,12). The Morgan fingerprint density at radius 3 is 2.83 bits per heavy atom. The number of aryl methyl sites for hydroxylation is 1. The average Bonchev–Trinajstić information content (AvgIpc) is 1.94. The second-order valence-electron chi connectivity index (χ2n) is 2.33. The van der Waals surface area contributed by atoms with Crippen LogP contribution in [0.2, 0.25) is 0 Å². The highest BCUT2D eigenvalue weighted by Crippen LogP contribution is 2.16. The van der Waals surface area contributed by atoms with Crippen LogP contribution >= 0.6 is 15.9 Å². The zero-order valence-electron chi connectivity index (χ0n) is 6.76. The number of hydrogen-bond acceptors (Lipinski definition) is 3. The fourth-order valence-electron chi connectivity index (χ4n) is 0.698. The van der Waals surface area contributed by atoms with Gasteiger partial charge in [-0.05, 0) is 22.9 Å². The molecule has 0 spiro atoms. The van der Waals surface area contributed by atoms with Gasteiger partial charge < -0.3 is 5.32 Å². The van der Waals surface area contributed by atoms with E-state index in [0.29, 0.717) is 10.4 Å². The lowest BCUT2D eigenvalue weighted by molar-refractivity contribution is -0.114. The molecule has 0 saturated carbocycles. The van der Waals surface area contributed by atoms with Crippen LogP contribution < -0.4 is 5.32 Å². The Morgan fingerprint density at radius 2 is 2.33 bits per heavy atom. The first kappa shape index (κ1) is 9.12. The average molecular weight is 230 g/mol. The first-order valence-corrected chi connectivity index (χ1v) is 4.15. The molecule has 0 saturated heterocycles. The number of nitrogens with zero attached hydrogens (tertiary/aromatic N) is 2. The Labute approximate surface area is 78.5 Å². The third kappa shape index (κ3) is 2.27. The number of anilines is 1. The maximum absolute atomic E-state index is 10.7. The Bertz CT molecular complexity index is 314. The van der Waals surface area contributed by atoms with Crippen LogP contribution in [0.15, 0.2) is 10.8 Å². The van der Waals surface area contributed by atoms with E-state index in [1.165, 1.54) is 6.92 Å². The summed E-state index contributed by atoms with van der Waals surface area (Å²) in [6.07, 6.45) is 1.59. The van der Waals surface area contributed by atoms with Gasteiger partial charge in [0.25, 0.3) is 0 Å². The van der Waals surface area contributed by atoms with E-state index >= 15 is 0 Å². The van der Waals surface area contributed by atoms with Crippen molar-refractivity contribution in [3.05, 3.63) is 16.5 Å². The summed E-state index contributed by atoms with van der Waals surface area (Å²) in [6, 6.07) is 0. The van der Waals surface area contributed by atoms with Crippen LogP contribution in [0.1, 0.15) is 12.6 Å². The minimum atomic E-state index is -0.158. The van der Waals surface area contributed by atoms with E-state index in [2.05, 4.69) is 31.2 Å². The number of amides is 1. The van der Waals surface area contributed by atoms with Crippen molar-refractivity contribution >= 4 is 27.7 Å². The number of halogens is 1. The number of hydrogen-bond donors (Lipinski definition) is 1. The number of nitrogens with one attached hydrogen (secondary N) is 1. The predicted octanol–water partition coefficient (Wildman–Crippen LogP) is 1.51. The van der Waals surface area contributed by atoms with Crippen molar-refractivity contribution in [1.29, 1.82) is 0 Å². The highest BCUT2D eigenvalue weighted by molar-refractivity contribution is 9.10. The van der Waals surface area contributed by atoms with E-state index in [9.17, 15) is 4.79 Å². The molecule has 0 unspecified atom stereocenters. The summed E-state index contributed by atoms with van der Waals surface area (Å²) in [7, 11) is 0. The zero-order valence-corrected chi connectivity index (χ0v) is 8.34. The SMILES string of the molecule is CC(=O)Nc1ncc(C)nc1Br. The molecular formula is C7H8BrN3O.